The first-order chi connectivity index (χ1) is 16.8. The van der Waals surface area contributed by atoms with E-state index in [-0.39, 0.29) is 11.5 Å². The predicted octanol–water partition coefficient (Wildman–Crippen LogP) is 7.13. The van der Waals surface area contributed by atoms with Crippen LogP contribution in [0.15, 0.2) is 81.8 Å². The van der Waals surface area contributed by atoms with Gasteiger partial charge >= 0.3 is 0 Å². The predicted molar refractivity (Wildman–Crippen MR) is 146 cm³/mol. The highest BCUT2D eigenvalue weighted by molar-refractivity contribution is 9.10. The smallest absolute Gasteiger partial charge is 0.269 e. The Morgan fingerprint density at radius 1 is 1.09 bits per heavy atom. The van der Waals surface area contributed by atoms with Gasteiger partial charge in [-0.25, -0.2) is 0 Å². The molecule has 1 N–H and O–H groups in total. The van der Waals surface area contributed by atoms with Gasteiger partial charge in [0.25, 0.3) is 5.91 Å². The van der Waals surface area contributed by atoms with Crippen LogP contribution in [0, 0.1) is 18.3 Å². The zero-order valence-electron chi connectivity index (χ0n) is 18.4. The average molecular weight is 587 g/mol. The molecule has 2 amide bonds. The van der Waals surface area contributed by atoms with Gasteiger partial charge in [-0.1, -0.05) is 74.7 Å². The van der Waals surface area contributed by atoms with Crippen molar-refractivity contribution in [3.05, 3.63) is 103 Å². The fourth-order valence-corrected chi connectivity index (χ4v) is 5.42. The molecule has 1 aliphatic heterocycles. The number of carbonyl (C=O) groups is 2. The van der Waals surface area contributed by atoms with Crippen molar-refractivity contribution >= 4 is 74.1 Å². The number of benzene rings is 3. The first-order valence-electron chi connectivity index (χ1n) is 10.5. The Morgan fingerprint density at radius 3 is 2.40 bits per heavy atom. The third kappa shape index (κ3) is 5.74. The van der Waals surface area contributed by atoms with E-state index in [9.17, 15) is 14.9 Å². The molecular weight excluding hydrogens is 569 g/mol. The Bertz CT molecular complexity index is 1370. The largest absolute Gasteiger partial charge is 0.321 e. The van der Waals surface area contributed by atoms with Crippen molar-refractivity contribution in [2.24, 2.45) is 0 Å². The van der Waals surface area contributed by atoms with Crippen LogP contribution in [0.3, 0.4) is 0 Å². The molecule has 1 aliphatic rings. The molecule has 0 spiro atoms. The number of nitriles is 1. The maximum atomic E-state index is 13.6. The number of carbonyl (C=O) groups excluding carboxylic acids is 2. The van der Waals surface area contributed by atoms with E-state index < -0.39 is 11.2 Å². The van der Waals surface area contributed by atoms with Gasteiger partial charge < -0.3 is 5.32 Å². The number of hydrogen-bond donors (Lipinski definition) is 1. The summed E-state index contributed by atoms with van der Waals surface area (Å²) >= 11 is 16.7. The van der Waals surface area contributed by atoms with Crippen LogP contribution in [-0.4, -0.2) is 17.1 Å². The lowest BCUT2D eigenvalue weighted by Gasteiger charge is -2.19. The average Bonchev–Trinajstić information content (AvgIpc) is 3.14. The number of nitrogens with one attached hydrogen (secondary N) is 1. The molecule has 4 rings (SSSR count). The number of rotatable bonds is 5. The first kappa shape index (κ1) is 25.3. The summed E-state index contributed by atoms with van der Waals surface area (Å²) in [5.41, 5.74) is 2.84. The van der Waals surface area contributed by atoms with Gasteiger partial charge in [0.15, 0.2) is 0 Å². The van der Waals surface area contributed by atoms with Gasteiger partial charge in [-0.2, -0.15) is 5.26 Å². The maximum Gasteiger partial charge on any atom is 0.269 e. The number of nitrogens with zero attached hydrogens (tertiary/aromatic N) is 2. The minimum Gasteiger partial charge on any atom is -0.321 e. The molecule has 3 aromatic carbocycles. The summed E-state index contributed by atoms with van der Waals surface area (Å²) < 4.78 is 0.863. The van der Waals surface area contributed by atoms with Crippen LogP contribution in [0.5, 0.6) is 0 Å². The molecule has 1 saturated heterocycles. The molecule has 3 aromatic rings. The van der Waals surface area contributed by atoms with Crippen LogP contribution >= 0.6 is 50.9 Å². The highest BCUT2D eigenvalue weighted by Gasteiger charge is 2.40. The zero-order valence-corrected chi connectivity index (χ0v) is 22.3. The normalized spacial score (nSPS) is 16.7. The van der Waals surface area contributed by atoms with E-state index >= 15 is 0 Å². The quantitative estimate of drug-likeness (QED) is 0.255. The Kier molecular flexibility index (Phi) is 7.88. The number of anilines is 2. The second-order valence-electron chi connectivity index (χ2n) is 7.82. The first-order valence-corrected chi connectivity index (χ1v) is 12.9. The van der Waals surface area contributed by atoms with Crippen molar-refractivity contribution in [1.82, 2.24) is 0 Å². The summed E-state index contributed by atoms with van der Waals surface area (Å²) in [5.74, 6) is -0.804. The van der Waals surface area contributed by atoms with E-state index in [0.717, 1.165) is 15.6 Å². The van der Waals surface area contributed by atoms with Gasteiger partial charge in [0.1, 0.15) is 16.7 Å². The highest BCUT2D eigenvalue weighted by Crippen LogP contribution is 2.42. The summed E-state index contributed by atoms with van der Waals surface area (Å²) in [7, 11) is 0. The number of amides is 2. The molecule has 0 saturated carbocycles. The lowest BCUT2D eigenvalue weighted by molar-refractivity contribution is -0.117. The van der Waals surface area contributed by atoms with Gasteiger partial charge in [-0.15, -0.1) is 0 Å². The second-order valence-corrected chi connectivity index (χ2v) is 10.7. The number of aryl methyl sites for hydroxylation is 1. The van der Waals surface area contributed by atoms with Crippen molar-refractivity contribution in [3.8, 4) is 6.07 Å². The van der Waals surface area contributed by atoms with Crippen molar-refractivity contribution < 1.29 is 9.59 Å². The molecule has 1 heterocycles. The van der Waals surface area contributed by atoms with Gasteiger partial charge in [0.05, 0.1) is 15.3 Å². The lowest BCUT2D eigenvalue weighted by atomic mass is 10.1. The minimum atomic E-state index is -0.586. The number of thioether (sulfide) groups is 1. The van der Waals surface area contributed by atoms with Crippen molar-refractivity contribution in [1.29, 1.82) is 5.26 Å². The fourth-order valence-electron chi connectivity index (χ4n) is 3.52. The Morgan fingerprint density at radius 2 is 1.77 bits per heavy atom. The number of halogens is 3. The van der Waals surface area contributed by atoms with Crippen LogP contribution in [0.25, 0.3) is 0 Å². The minimum absolute atomic E-state index is 0.136. The van der Waals surface area contributed by atoms with E-state index in [1.165, 1.54) is 16.7 Å². The molecule has 0 aliphatic carbocycles. The molecule has 0 aromatic heterocycles. The third-order valence-corrected chi connectivity index (χ3v) is 7.84. The molecule has 1 fully saturated rings. The van der Waals surface area contributed by atoms with E-state index in [1.54, 1.807) is 48.5 Å². The van der Waals surface area contributed by atoms with Gasteiger partial charge in [-0.05, 0) is 67.4 Å². The summed E-state index contributed by atoms with van der Waals surface area (Å²) in [5, 5.41) is 13.3. The number of hydrogen-bond acceptors (Lipinski definition) is 4. The SMILES string of the molecule is Cc1ccc(N2C(=O)[C@@H](Cc3ccc(Cl)c(Cl)c3)S/C2=C(/C#N)C(=O)Nc2ccc(Br)cc2)cc1. The molecule has 0 radical (unpaired) electrons. The lowest BCUT2D eigenvalue weighted by Crippen LogP contribution is -2.30. The van der Waals surface area contributed by atoms with E-state index in [2.05, 4.69) is 21.2 Å². The molecular formula is C26H18BrCl2N3O2S. The summed E-state index contributed by atoms with van der Waals surface area (Å²) in [4.78, 5) is 28.1. The van der Waals surface area contributed by atoms with Crippen molar-refractivity contribution in [2.45, 2.75) is 18.6 Å². The fraction of sp³-hybridized carbons (Fsp3) is 0.115. The van der Waals surface area contributed by atoms with Crippen LogP contribution in [0.4, 0.5) is 11.4 Å². The van der Waals surface area contributed by atoms with E-state index in [0.29, 0.717) is 32.9 Å². The second kappa shape index (κ2) is 10.9. The molecule has 35 heavy (non-hydrogen) atoms. The molecule has 5 nitrogen and oxygen atoms in total. The third-order valence-electron chi connectivity index (χ3n) is 5.30. The molecule has 0 unspecified atom stereocenters. The zero-order chi connectivity index (χ0) is 25.1. The van der Waals surface area contributed by atoms with Gasteiger partial charge in [-0.3, -0.25) is 14.5 Å². The standard InChI is InChI=1S/C26H18BrCl2N3O2S/c1-15-2-9-19(10-3-15)32-25(34)23(13-16-4-11-21(28)22(29)12-16)35-26(32)20(14-30)24(33)31-18-7-5-17(27)6-8-18/h2-12,23H,13H2,1H3,(H,31,33)/b26-20-/t23-/m1/s1. The van der Waals surface area contributed by atoms with Gasteiger partial charge in [0, 0.05) is 15.8 Å². The highest BCUT2D eigenvalue weighted by atomic mass is 79.9. The molecule has 176 valence electrons. The maximum absolute atomic E-state index is 13.6. The molecule has 0 bridgehead atoms. The van der Waals surface area contributed by atoms with E-state index in [4.69, 9.17) is 23.2 Å². The monoisotopic (exact) mass is 585 g/mol. The Balaban J connectivity index is 1.72. The van der Waals surface area contributed by atoms with Crippen LogP contribution in [0.1, 0.15) is 11.1 Å². The van der Waals surface area contributed by atoms with Crippen molar-refractivity contribution in [3.63, 3.8) is 0 Å². The van der Waals surface area contributed by atoms with Crippen LogP contribution < -0.4 is 10.2 Å². The van der Waals surface area contributed by atoms with Crippen LogP contribution in [0.2, 0.25) is 10.0 Å². The Labute approximate surface area is 225 Å². The van der Waals surface area contributed by atoms with Crippen molar-refractivity contribution in [2.75, 3.05) is 10.2 Å². The van der Waals surface area contributed by atoms with Crippen LogP contribution in [-0.2, 0) is 16.0 Å². The summed E-state index contributed by atoms with van der Waals surface area (Å²) in [6, 6.07) is 21.6. The van der Waals surface area contributed by atoms with Gasteiger partial charge in [0.2, 0.25) is 5.91 Å². The molecule has 1 atom stereocenters. The molecule has 9 heteroatoms. The van der Waals surface area contributed by atoms with E-state index in [1.807, 2.05) is 31.2 Å². The topological polar surface area (TPSA) is 73.2 Å². The Hall–Kier alpha value is -2.76. The summed E-state index contributed by atoms with van der Waals surface area (Å²) in [6.45, 7) is 1.94. The summed E-state index contributed by atoms with van der Waals surface area (Å²) in [6.07, 6.45) is 0.360.